The maximum absolute atomic E-state index is 11.9. The molecule has 114 valence electrons. The van der Waals surface area contributed by atoms with Crippen molar-refractivity contribution in [3.63, 3.8) is 0 Å². The highest BCUT2D eigenvalue weighted by molar-refractivity contribution is 5.68. The van der Waals surface area contributed by atoms with Gasteiger partial charge < -0.3 is 14.8 Å². The molecule has 1 amide bonds. The first kappa shape index (κ1) is 14.1. The van der Waals surface area contributed by atoms with Crippen LogP contribution in [-0.2, 0) is 22.3 Å². The molecule has 1 unspecified atom stereocenters. The largest absolute Gasteiger partial charge is 0.446 e. The van der Waals surface area contributed by atoms with E-state index >= 15 is 0 Å². The van der Waals surface area contributed by atoms with Gasteiger partial charge in [-0.25, -0.2) is 9.89 Å². The fourth-order valence-electron chi connectivity index (χ4n) is 2.81. The molecule has 1 aliphatic heterocycles. The molecule has 0 radical (unpaired) electrons. The van der Waals surface area contributed by atoms with Crippen molar-refractivity contribution in [3.8, 4) is 0 Å². The lowest BCUT2D eigenvalue weighted by Gasteiger charge is -2.26. The third-order valence-electron chi connectivity index (χ3n) is 3.94. The number of ether oxygens (including phenoxy) is 2. The second-order valence-electron chi connectivity index (χ2n) is 5.51. The zero-order valence-corrected chi connectivity index (χ0v) is 11.8. The number of carbonyl (C=O) groups excluding carboxylic acids is 1. The molecule has 0 saturated carbocycles. The van der Waals surface area contributed by atoms with E-state index < -0.39 is 0 Å². The molecular weight excluding hydrogens is 274 g/mol. The van der Waals surface area contributed by atoms with Crippen LogP contribution >= 0.6 is 0 Å². The van der Waals surface area contributed by atoms with E-state index in [1.165, 1.54) is 0 Å². The summed E-state index contributed by atoms with van der Waals surface area (Å²) in [4.78, 5) is 23.2. The molecule has 1 saturated heterocycles. The Labute approximate surface area is 122 Å². The number of alkyl carbamates (subject to hydrolysis) is 1. The molecule has 1 atom stereocenters. The van der Waals surface area contributed by atoms with Crippen LogP contribution in [0.1, 0.15) is 30.5 Å². The van der Waals surface area contributed by atoms with Gasteiger partial charge in [0, 0.05) is 24.9 Å². The Bertz CT molecular complexity index is 566. The first-order valence-electron chi connectivity index (χ1n) is 7.33. The average molecular weight is 293 g/mol. The predicted octanol–water partition coefficient (Wildman–Crippen LogP) is 0.532. The normalized spacial score (nSPS) is 22.4. The first-order valence-corrected chi connectivity index (χ1v) is 7.33. The highest BCUT2D eigenvalue weighted by Crippen LogP contribution is 2.18. The minimum Gasteiger partial charge on any atom is -0.446 e. The second kappa shape index (κ2) is 6.26. The minimum atomic E-state index is -0.381. The van der Waals surface area contributed by atoms with E-state index in [9.17, 15) is 9.59 Å². The highest BCUT2D eigenvalue weighted by Gasteiger charge is 2.24. The molecule has 2 N–H and O–H groups in total. The Morgan fingerprint density at radius 2 is 2.19 bits per heavy atom. The first-order chi connectivity index (χ1) is 10.2. The van der Waals surface area contributed by atoms with E-state index in [0.717, 1.165) is 36.9 Å². The number of hydrogen-bond donors (Lipinski definition) is 2. The molecule has 0 spiro atoms. The number of aromatic amines is 1. The third kappa shape index (κ3) is 3.60. The predicted molar refractivity (Wildman–Crippen MR) is 74.1 cm³/mol. The molecular formula is C14H19N3O4. The van der Waals surface area contributed by atoms with Gasteiger partial charge in [-0.1, -0.05) is 0 Å². The van der Waals surface area contributed by atoms with Crippen molar-refractivity contribution < 1.29 is 14.3 Å². The van der Waals surface area contributed by atoms with Crippen molar-refractivity contribution in [2.45, 2.75) is 44.2 Å². The van der Waals surface area contributed by atoms with Crippen LogP contribution in [-0.4, -0.2) is 41.7 Å². The Balaban J connectivity index is 1.54. The maximum atomic E-state index is 11.9. The van der Waals surface area contributed by atoms with Crippen LogP contribution in [0.5, 0.6) is 0 Å². The van der Waals surface area contributed by atoms with Gasteiger partial charge in [-0.05, 0) is 24.8 Å². The smallest absolute Gasteiger partial charge is 0.407 e. The third-order valence-corrected chi connectivity index (χ3v) is 3.94. The van der Waals surface area contributed by atoms with Gasteiger partial charge in [-0.3, -0.25) is 4.79 Å². The number of carbonyl (C=O) groups is 1. The summed E-state index contributed by atoms with van der Waals surface area (Å²) in [5, 5.41) is 9.35. The second-order valence-corrected chi connectivity index (χ2v) is 5.51. The summed E-state index contributed by atoms with van der Waals surface area (Å²) in [6.45, 7) is 1.28. The molecule has 1 aromatic rings. The maximum Gasteiger partial charge on any atom is 0.407 e. The van der Waals surface area contributed by atoms with Gasteiger partial charge in [-0.15, -0.1) is 0 Å². The van der Waals surface area contributed by atoms with Crippen LogP contribution in [0, 0.1) is 0 Å². The molecule has 1 aromatic heterocycles. The van der Waals surface area contributed by atoms with Gasteiger partial charge in [0.05, 0.1) is 18.9 Å². The number of aryl methyl sites for hydroxylation is 1. The van der Waals surface area contributed by atoms with E-state index in [4.69, 9.17) is 9.47 Å². The van der Waals surface area contributed by atoms with Gasteiger partial charge in [0.1, 0.15) is 6.10 Å². The van der Waals surface area contributed by atoms with Crippen LogP contribution < -0.4 is 10.9 Å². The molecule has 1 aliphatic carbocycles. The van der Waals surface area contributed by atoms with Crippen molar-refractivity contribution in [2.24, 2.45) is 0 Å². The van der Waals surface area contributed by atoms with Crippen LogP contribution in [0.25, 0.3) is 0 Å². The Morgan fingerprint density at radius 3 is 3.00 bits per heavy atom. The van der Waals surface area contributed by atoms with Gasteiger partial charge in [-0.2, -0.15) is 5.10 Å². The molecule has 2 heterocycles. The van der Waals surface area contributed by atoms with Crippen LogP contribution in [0.2, 0.25) is 0 Å². The zero-order valence-electron chi connectivity index (χ0n) is 11.8. The van der Waals surface area contributed by atoms with Crippen molar-refractivity contribution >= 4 is 6.09 Å². The molecule has 1 fully saturated rings. The van der Waals surface area contributed by atoms with Gasteiger partial charge in [0.2, 0.25) is 0 Å². The minimum absolute atomic E-state index is 0.00607. The number of hydrogen-bond acceptors (Lipinski definition) is 5. The monoisotopic (exact) mass is 293 g/mol. The molecule has 0 bridgehead atoms. The fourth-order valence-corrected chi connectivity index (χ4v) is 2.81. The summed E-state index contributed by atoms with van der Waals surface area (Å²) in [5.74, 6) is 0. The molecule has 2 aliphatic rings. The lowest BCUT2D eigenvalue weighted by molar-refractivity contribution is 0.000684. The van der Waals surface area contributed by atoms with Crippen LogP contribution in [0.15, 0.2) is 10.9 Å². The zero-order chi connectivity index (χ0) is 14.7. The summed E-state index contributed by atoms with van der Waals surface area (Å²) in [5.41, 5.74) is 1.60. The van der Waals surface area contributed by atoms with Crippen molar-refractivity contribution in [3.05, 3.63) is 27.7 Å². The number of rotatable bonds is 2. The molecule has 21 heavy (non-hydrogen) atoms. The Morgan fingerprint density at radius 1 is 1.38 bits per heavy atom. The average Bonchev–Trinajstić information content (AvgIpc) is 2.47. The quantitative estimate of drug-likeness (QED) is 0.829. The highest BCUT2D eigenvalue weighted by atomic mass is 16.6. The van der Waals surface area contributed by atoms with E-state index in [2.05, 4.69) is 15.5 Å². The Hall–Kier alpha value is -1.89. The molecule has 3 rings (SSSR count). The van der Waals surface area contributed by atoms with E-state index in [-0.39, 0.29) is 23.8 Å². The number of fused-ring (bicyclic) bond motifs is 1. The summed E-state index contributed by atoms with van der Waals surface area (Å²) < 4.78 is 10.6. The molecule has 7 nitrogen and oxygen atoms in total. The van der Waals surface area contributed by atoms with E-state index in [1.54, 1.807) is 6.07 Å². The van der Waals surface area contributed by atoms with Crippen molar-refractivity contribution in [2.75, 3.05) is 13.2 Å². The number of nitrogens with zero attached hydrogens (tertiary/aromatic N) is 1. The lowest BCUT2D eigenvalue weighted by Crippen LogP contribution is -2.41. The number of nitrogens with one attached hydrogen (secondary N) is 2. The summed E-state index contributed by atoms with van der Waals surface area (Å²) in [7, 11) is 0. The topological polar surface area (TPSA) is 93.3 Å². The van der Waals surface area contributed by atoms with Gasteiger partial charge in [0.25, 0.3) is 5.56 Å². The number of amides is 1. The molecule has 0 aromatic carbocycles. The van der Waals surface area contributed by atoms with Gasteiger partial charge in [0.15, 0.2) is 0 Å². The molecule has 7 heteroatoms. The summed E-state index contributed by atoms with van der Waals surface area (Å²) in [6, 6.07) is 1.55. The Kier molecular flexibility index (Phi) is 4.19. The number of H-pyrrole nitrogens is 1. The van der Waals surface area contributed by atoms with Crippen LogP contribution in [0.3, 0.4) is 0 Å². The van der Waals surface area contributed by atoms with Crippen molar-refractivity contribution in [1.82, 2.24) is 15.5 Å². The van der Waals surface area contributed by atoms with E-state index in [1.807, 2.05) is 0 Å². The summed E-state index contributed by atoms with van der Waals surface area (Å²) >= 11 is 0. The standard InChI is InChI=1S/C14H19N3O4/c18-13-8-9-7-10(1-2-12(9)16-17-13)15-14(19)21-11-3-5-20-6-4-11/h8,10-11H,1-7H2,(H,15,19)(H,17,18). The summed E-state index contributed by atoms with van der Waals surface area (Å²) in [6.07, 6.45) is 3.23. The lowest BCUT2D eigenvalue weighted by atomic mass is 9.92. The van der Waals surface area contributed by atoms with E-state index in [0.29, 0.717) is 19.6 Å². The van der Waals surface area contributed by atoms with Gasteiger partial charge >= 0.3 is 6.09 Å². The van der Waals surface area contributed by atoms with Crippen LogP contribution in [0.4, 0.5) is 4.79 Å². The van der Waals surface area contributed by atoms with Crippen molar-refractivity contribution in [1.29, 1.82) is 0 Å². The fraction of sp³-hybridized carbons (Fsp3) is 0.643. The number of aromatic nitrogens is 2. The SMILES string of the molecule is O=C(NC1CCc2n[nH]c(=O)cc2C1)OC1CCOCC1.